The van der Waals surface area contributed by atoms with Crippen LogP contribution in [0.1, 0.15) is 86.5 Å². The fourth-order valence-electron chi connectivity index (χ4n) is 5.89. The monoisotopic (exact) mass is 588 g/mol. The van der Waals surface area contributed by atoms with Crippen LogP contribution in [0.15, 0.2) is 56.5 Å². The van der Waals surface area contributed by atoms with E-state index in [-0.39, 0.29) is 32.3 Å². The fraction of sp³-hybridized carbons (Fsp3) is 0.500. The maximum Gasteiger partial charge on any atom is 0.243 e. The molecule has 0 unspecified atom stereocenters. The molecule has 0 amide bonds. The van der Waals surface area contributed by atoms with Crippen molar-refractivity contribution in [3.8, 4) is 0 Å². The van der Waals surface area contributed by atoms with Crippen LogP contribution in [0.4, 0.5) is 0 Å². The van der Waals surface area contributed by atoms with E-state index < -0.39 is 20.0 Å². The van der Waals surface area contributed by atoms with E-state index in [0.29, 0.717) is 37.3 Å². The van der Waals surface area contributed by atoms with E-state index in [2.05, 4.69) is 10.3 Å². The van der Waals surface area contributed by atoms with Crippen molar-refractivity contribution in [3.63, 3.8) is 0 Å². The van der Waals surface area contributed by atoms with Gasteiger partial charge in [0.1, 0.15) is 11.4 Å². The van der Waals surface area contributed by atoms with E-state index in [4.69, 9.17) is 0 Å². The molecule has 216 valence electrons. The zero-order chi connectivity index (χ0) is 28.3. The standard InChI is InChI=1S/C28H36N4O6S2/c33-29-27-23-13-11-21(39(35,36)31-15-7-3-1-4-8-16-31)19-25(23)28(30-34)26-20-22(12-14-24(26)27)40(37,38)32-17-9-5-2-6-10-18-32/h11-14,19-20,33-34H,1-10,15-18H2. The van der Waals surface area contributed by atoms with E-state index in [1.165, 1.54) is 32.9 Å². The van der Waals surface area contributed by atoms with Gasteiger partial charge in [0.05, 0.1) is 9.79 Å². The summed E-state index contributed by atoms with van der Waals surface area (Å²) in [4.78, 5) is 0.0799. The maximum atomic E-state index is 13.6. The van der Waals surface area contributed by atoms with E-state index in [0.717, 1.165) is 64.2 Å². The predicted molar refractivity (Wildman–Crippen MR) is 151 cm³/mol. The summed E-state index contributed by atoms with van der Waals surface area (Å²) in [6, 6.07) is 8.87. The third kappa shape index (κ3) is 5.41. The second-order valence-electron chi connectivity index (χ2n) is 10.7. The molecule has 0 aromatic heterocycles. The maximum absolute atomic E-state index is 13.6. The van der Waals surface area contributed by atoms with Crippen molar-refractivity contribution in [2.75, 3.05) is 26.2 Å². The molecule has 2 fully saturated rings. The summed E-state index contributed by atoms with van der Waals surface area (Å²) >= 11 is 0. The Bertz CT molecular complexity index is 1410. The van der Waals surface area contributed by atoms with E-state index in [9.17, 15) is 27.3 Å². The predicted octanol–water partition coefficient (Wildman–Crippen LogP) is 4.36. The number of benzene rings is 2. The lowest BCUT2D eigenvalue weighted by atomic mass is 9.83. The zero-order valence-electron chi connectivity index (χ0n) is 22.5. The smallest absolute Gasteiger partial charge is 0.243 e. The van der Waals surface area contributed by atoms with Gasteiger partial charge in [0, 0.05) is 48.4 Å². The lowest BCUT2D eigenvalue weighted by Crippen LogP contribution is -2.34. The van der Waals surface area contributed by atoms with Crippen LogP contribution < -0.4 is 0 Å². The lowest BCUT2D eigenvalue weighted by Gasteiger charge is -2.27. The third-order valence-electron chi connectivity index (χ3n) is 8.11. The molecule has 0 bridgehead atoms. The largest absolute Gasteiger partial charge is 0.410 e. The number of hydrogen-bond donors (Lipinski definition) is 2. The van der Waals surface area contributed by atoms with Crippen LogP contribution in [0.5, 0.6) is 0 Å². The summed E-state index contributed by atoms with van der Waals surface area (Å²) < 4.78 is 57.4. The molecule has 2 heterocycles. The first-order valence-corrected chi connectivity index (χ1v) is 16.9. The second-order valence-corrected chi connectivity index (χ2v) is 14.5. The quantitative estimate of drug-likeness (QED) is 0.343. The van der Waals surface area contributed by atoms with Crippen LogP contribution in [-0.4, -0.2) is 73.5 Å². The average Bonchev–Trinajstić information content (AvgIpc) is 2.90. The first-order chi connectivity index (χ1) is 19.3. The molecule has 0 atom stereocenters. The fourth-order valence-corrected chi connectivity index (χ4v) is 8.98. The van der Waals surface area contributed by atoms with Gasteiger partial charge in [-0.1, -0.05) is 61.0 Å². The van der Waals surface area contributed by atoms with Crippen LogP contribution in [0.3, 0.4) is 0 Å². The Balaban J connectivity index is 1.56. The highest BCUT2D eigenvalue weighted by molar-refractivity contribution is 7.89. The highest BCUT2D eigenvalue weighted by Gasteiger charge is 2.34. The van der Waals surface area contributed by atoms with Crippen molar-refractivity contribution in [1.82, 2.24) is 8.61 Å². The van der Waals surface area contributed by atoms with Crippen LogP contribution in [0.2, 0.25) is 0 Å². The molecular weight excluding hydrogens is 552 g/mol. The van der Waals surface area contributed by atoms with Gasteiger partial charge in [0.25, 0.3) is 0 Å². The van der Waals surface area contributed by atoms with Crippen molar-refractivity contribution in [2.24, 2.45) is 10.3 Å². The Morgan fingerprint density at radius 1 is 0.500 bits per heavy atom. The van der Waals surface area contributed by atoms with Gasteiger partial charge >= 0.3 is 0 Å². The minimum Gasteiger partial charge on any atom is -0.410 e. The van der Waals surface area contributed by atoms with Gasteiger partial charge in [-0.25, -0.2) is 16.8 Å². The molecule has 2 aromatic carbocycles. The SMILES string of the molecule is O=S(=O)(c1ccc2c(c1)C(=NO)c1cc(S(=O)(=O)N3CCCCCCC3)ccc1C2=NO)N1CCCCCCC1. The summed E-state index contributed by atoms with van der Waals surface area (Å²) in [5.41, 5.74) is 1.42. The average molecular weight is 589 g/mol. The highest BCUT2D eigenvalue weighted by Crippen LogP contribution is 2.33. The molecule has 0 radical (unpaired) electrons. The number of rotatable bonds is 4. The van der Waals surface area contributed by atoms with Crippen LogP contribution in [0.25, 0.3) is 0 Å². The topological polar surface area (TPSA) is 140 Å². The summed E-state index contributed by atoms with van der Waals surface area (Å²) in [5.74, 6) is 0. The van der Waals surface area contributed by atoms with Crippen molar-refractivity contribution in [3.05, 3.63) is 58.7 Å². The molecule has 2 aromatic rings. The normalized spacial score (nSPS) is 19.9. The van der Waals surface area contributed by atoms with Crippen LogP contribution in [0, 0.1) is 0 Å². The van der Waals surface area contributed by atoms with Gasteiger partial charge in [-0.3, -0.25) is 0 Å². The Kier molecular flexibility index (Phi) is 8.60. The van der Waals surface area contributed by atoms with Gasteiger partial charge < -0.3 is 10.4 Å². The minimum absolute atomic E-state index is 0.0202. The molecule has 5 rings (SSSR count). The van der Waals surface area contributed by atoms with Crippen molar-refractivity contribution >= 4 is 31.5 Å². The Labute approximate surface area is 236 Å². The molecule has 0 saturated carbocycles. The summed E-state index contributed by atoms with van der Waals surface area (Å²) in [6.45, 7) is 1.74. The van der Waals surface area contributed by atoms with Crippen molar-refractivity contribution < 1.29 is 27.3 Å². The molecule has 2 saturated heterocycles. The number of oxime groups is 2. The van der Waals surface area contributed by atoms with Crippen LogP contribution in [-0.2, 0) is 20.0 Å². The molecule has 12 heteroatoms. The van der Waals surface area contributed by atoms with Gasteiger partial charge in [-0.2, -0.15) is 8.61 Å². The molecule has 2 aliphatic heterocycles. The van der Waals surface area contributed by atoms with E-state index >= 15 is 0 Å². The van der Waals surface area contributed by atoms with Crippen molar-refractivity contribution in [1.29, 1.82) is 0 Å². The Morgan fingerprint density at radius 3 is 1.18 bits per heavy atom. The Hall–Kier alpha value is -2.80. The van der Waals surface area contributed by atoms with E-state index in [1.54, 1.807) is 12.1 Å². The molecule has 0 spiro atoms. The molecular formula is C28H36N4O6S2. The molecule has 3 aliphatic rings. The van der Waals surface area contributed by atoms with Gasteiger partial charge in [0.2, 0.25) is 20.0 Å². The molecule has 2 N–H and O–H groups in total. The molecule has 40 heavy (non-hydrogen) atoms. The first-order valence-electron chi connectivity index (χ1n) is 14.0. The number of fused-ring (bicyclic) bond motifs is 2. The summed E-state index contributed by atoms with van der Waals surface area (Å²) in [5, 5.41) is 27.0. The lowest BCUT2D eigenvalue weighted by molar-refractivity contribution is 0.318. The van der Waals surface area contributed by atoms with Gasteiger partial charge in [-0.05, 0) is 49.9 Å². The molecule has 1 aliphatic carbocycles. The van der Waals surface area contributed by atoms with Crippen molar-refractivity contribution in [2.45, 2.75) is 74.0 Å². The van der Waals surface area contributed by atoms with E-state index in [1.807, 2.05) is 0 Å². The Morgan fingerprint density at radius 2 is 0.825 bits per heavy atom. The number of sulfonamides is 2. The summed E-state index contributed by atoms with van der Waals surface area (Å²) in [7, 11) is -7.66. The number of hydrogen-bond acceptors (Lipinski definition) is 8. The van der Waals surface area contributed by atoms with Gasteiger partial charge in [0.15, 0.2) is 0 Å². The highest BCUT2D eigenvalue weighted by atomic mass is 32.2. The third-order valence-corrected chi connectivity index (χ3v) is 11.9. The minimum atomic E-state index is -3.83. The van der Waals surface area contributed by atoms with Gasteiger partial charge in [-0.15, -0.1) is 0 Å². The second kappa shape index (κ2) is 12.0. The first kappa shape index (κ1) is 28.7. The summed E-state index contributed by atoms with van der Waals surface area (Å²) in [6.07, 6.45) is 9.27. The molecule has 10 nitrogen and oxygen atoms in total. The van der Waals surface area contributed by atoms with Crippen LogP contribution >= 0.6 is 0 Å². The zero-order valence-corrected chi connectivity index (χ0v) is 24.1. The number of nitrogens with zero attached hydrogens (tertiary/aromatic N) is 4.